The number of carbonyl (C=O) groups excluding carboxylic acids is 1. The van der Waals surface area contributed by atoms with Gasteiger partial charge in [0.15, 0.2) is 0 Å². The van der Waals surface area contributed by atoms with Crippen molar-refractivity contribution in [2.24, 2.45) is 0 Å². The Morgan fingerprint density at radius 3 is 2.37 bits per heavy atom. The summed E-state index contributed by atoms with van der Waals surface area (Å²) in [7, 11) is 0. The van der Waals surface area contributed by atoms with Gasteiger partial charge >= 0.3 is 0 Å². The minimum Gasteiger partial charge on any atom is -0.378 e. The van der Waals surface area contributed by atoms with E-state index in [1.807, 2.05) is 12.1 Å². The molecule has 3 aromatic rings. The minimum atomic E-state index is -0.814. The van der Waals surface area contributed by atoms with E-state index in [0.717, 1.165) is 24.1 Å². The fourth-order valence-electron chi connectivity index (χ4n) is 3.67. The Labute approximate surface area is 172 Å². The number of benzene rings is 2. The molecule has 1 saturated carbocycles. The third-order valence-corrected chi connectivity index (χ3v) is 5.76. The average Bonchev–Trinajstić information content (AvgIpc) is 3.55. The molecule has 1 saturated heterocycles. The van der Waals surface area contributed by atoms with Crippen LogP contribution in [0.15, 0.2) is 65.7 Å². The molecular weight excluding hydrogens is 385 g/mol. The third-order valence-electron chi connectivity index (χ3n) is 5.76. The zero-order valence-corrected chi connectivity index (χ0v) is 16.2. The molecule has 0 radical (unpaired) electrons. The Morgan fingerprint density at radius 1 is 1.10 bits per heavy atom. The predicted octanol–water partition coefficient (Wildman–Crippen LogP) is 3.16. The van der Waals surface area contributed by atoms with Gasteiger partial charge in [-0.25, -0.2) is 9.37 Å². The summed E-state index contributed by atoms with van der Waals surface area (Å²) >= 11 is 0. The largest absolute Gasteiger partial charge is 0.378 e. The van der Waals surface area contributed by atoms with Crippen molar-refractivity contribution in [2.45, 2.75) is 24.2 Å². The highest BCUT2D eigenvalue weighted by molar-refractivity contribution is 6.00. The first-order valence-corrected chi connectivity index (χ1v) is 9.89. The number of amides is 1. The average molecular weight is 405 g/mol. The van der Waals surface area contributed by atoms with Gasteiger partial charge in [-0.3, -0.25) is 14.2 Å². The van der Waals surface area contributed by atoms with Gasteiger partial charge in [-0.1, -0.05) is 12.1 Å². The van der Waals surface area contributed by atoms with Crippen molar-refractivity contribution in [1.29, 1.82) is 0 Å². The molecule has 0 unspecified atom stereocenters. The topological polar surface area (TPSA) is 73.2 Å². The van der Waals surface area contributed by atoms with E-state index < -0.39 is 5.41 Å². The fraction of sp³-hybridized carbons (Fsp3) is 0.261. The molecule has 1 amide bonds. The van der Waals surface area contributed by atoms with E-state index in [1.165, 1.54) is 28.8 Å². The molecule has 2 aliphatic rings. The monoisotopic (exact) mass is 405 g/mol. The van der Waals surface area contributed by atoms with Gasteiger partial charge in [0.05, 0.1) is 24.6 Å². The molecule has 0 spiro atoms. The first-order chi connectivity index (χ1) is 14.5. The van der Waals surface area contributed by atoms with Gasteiger partial charge in [0.25, 0.3) is 5.56 Å². The summed E-state index contributed by atoms with van der Waals surface area (Å²) in [5.41, 5.74) is 1.94. The maximum absolute atomic E-state index is 13.1. The number of halogens is 1. The lowest BCUT2D eigenvalue weighted by atomic mass is 9.77. The summed E-state index contributed by atoms with van der Waals surface area (Å²) in [6, 6.07) is 14.5. The van der Waals surface area contributed by atoms with Crippen LogP contribution in [0.4, 0.5) is 10.1 Å². The zero-order chi connectivity index (χ0) is 20.7. The highest BCUT2D eigenvalue weighted by atomic mass is 19.1. The van der Waals surface area contributed by atoms with Crippen molar-refractivity contribution in [1.82, 2.24) is 9.55 Å². The Morgan fingerprint density at radius 2 is 1.80 bits per heavy atom. The van der Waals surface area contributed by atoms with Crippen molar-refractivity contribution in [3.8, 4) is 5.69 Å². The maximum Gasteiger partial charge on any atom is 0.258 e. The van der Waals surface area contributed by atoms with Crippen LogP contribution >= 0.6 is 0 Å². The minimum absolute atomic E-state index is 0.115. The number of anilines is 1. The quantitative estimate of drug-likeness (QED) is 0.708. The second-order valence-electron chi connectivity index (χ2n) is 7.88. The van der Waals surface area contributed by atoms with E-state index in [0.29, 0.717) is 17.3 Å². The van der Waals surface area contributed by atoms with Crippen LogP contribution in [0.5, 0.6) is 0 Å². The molecule has 152 valence electrons. The van der Waals surface area contributed by atoms with Crippen molar-refractivity contribution < 1.29 is 13.9 Å². The first kappa shape index (κ1) is 18.7. The lowest BCUT2D eigenvalue weighted by molar-refractivity contribution is -0.139. The van der Waals surface area contributed by atoms with Gasteiger partial charge in [-0.2, -0.15) is 0 Å². The van der Waals surface area contributed by atoms with Gasteiger partial charge < -0.3 is 10.1 Å². The maximum atomic E-state index is 13.1. The van der Waals surface area contributed by atoms with Crippen LogP contribution in [-0.2, 0) is 14.9 Å². The number of nitrogens with one attached hydrogen (secondary N) is 1. The lowest BCUT2D eigenvalue weighted by Gasteiger charge is -2.40. The van der Waals surface area contributed by atoms with Crippen LogP contribution in [0.1, 0.15) is 30.0 Å². The van der Waals surface area contributed by atoms with Gasteiger partial charge in [-0.15, -0.1) is 0 Å². The first-order valence-electron chi connectivity index (χ1n) is 9.89. The van der Waals surface area contributed by atoms with Gasteiger partial charge in [0, 0.05) is 17.7 Å². The third kappa shape index (κ3) is 3.31. The molecule has 2 aromatic carbocycles. The van der Waals surface area contributed by atoms with Crippen molar-refractivity contribution in [3.05, 3.63) is 88.4 Å². The molecule has 1 aromatic heterocycles. The van der Waals surface area contributed by atoms with Gasteiger partial charge in [-0.05, 0) is 54.8 Å². The number of aromatic nitrogens is 2. The molecule has 0 atom stereocenters. The Bertz CT molecular complexity index is 1150. The van der Waals surface area contributed by atoms with E-state index in [2.05, 4.69) is 10.3 Å². The highest BCUT2D eigenvalue weighted by Crippen LogP contribution is 2.38. The molecule has 1 N–H and O–H groups in total. The lowest BCUT2D eigenvalue weighted by Crippen LogP contribution is -2.55. The Hall–Kier alpha value is -3.32. The number of hydrogen-bond donors (Lipinski definition) is 1. The smallest absolute Gasteiger partial charge is 0.258 e. The summed E-state index contributed by atoms with van der Waals surface area (Å²) in [5.74, 6) is -0.145. The van der Waals surface area contributed by atoms with Gasteiger partial charge in [0.1, 0.15) is 17.6 Å². The number of hydrogen-bond acceptors (Lipinski definition) is 4. The van der Waals surface area contributed by atoms with Crippen LogP contribution in [0, 0.1) is 5.82 Å². The molecule has 5 rings (SSSR count). The zero-order valence-electron chi connectivity index (χ0n) is 16.2. The molecule has 0 bridgehead atoms. The highest BCUT2D eigenvalue weighted by Gasteiger charge is 2.47. The molecule has 1 aliphatic carbocycles. The van der Waals surface area contributed by atoms with Crippen LogP contribution in [-0.4, -0.2) is 28.7 Å². The van der Waals surface area contributed by atoms with E-state index in [-0.39, 0.29) is 30.5 Å². The summed E-state index contributed by atoms with van der Waals surface area (Å²) in [6.07, 6.45) is 3.75. The molecule has 30 heavy (non-hydrogen) atoms. The fourth-order valence-corrected chi connectivity index (χ4v) is 3.67. The van der Waals surface area contributed by atoms with Crippen LogP contribution in [0.3, 0.4) is 0 Å². The van der Waals surface area contributed by atoms with E-state index in [4.69, 9.17) is 4.74 Å². The van der Waals surface area contributed by atoms with Crippen LogP contribution < -0.4 is 10.9 Å². The van der Waals surface area contributed by atoms with Crippen molar-refractivity contribution in [2.75, 3.05) is 18.5 Å². The molecular formula is C23H20FN3O3. The number of carbonyl (C=O) groups is 1. The number of rotatable bonds is 5. The standard InChI is InChI=1S/C23H20FN3O3/c24-17-5-7-18(8-6-17)26-22(29)23(12-30-13-23)16-3-9-19(10-4-16)27-14-25-20(11-21(27)28)15-1-2-15/h3-11,14-15H,1-2,12-13H2,(H,26,29). The van der Waals surface area contributed by atoms with E-state index in [9.17, 15) is 14.0 Å². The summed E-state index contributed by atoms with van der Waals surface area (Å²) in [6.45, 7) is 0.522. The molecule has 7 heteroatoms. The van der Waals surface area contributed by atoms with Gasteiger partial charge in [0.2, 0.25) is 5.91 Å². The van der Waals surface area contributed by atoms with Crippen molar-refractivity contribution in [3.63, 3.8) is 0 Å². The van der Waals surface area contributed by atoms with Crippen molar-refractivity contribution >= 4 is 11.6 Å². The molecule has 2 heterocycles. The van der Waals surface area contributed by atoms with Crippen LogP contribution in [0.2, 0.25) is 0 Å². The van der Waals surface area contributed by atoms with Crippen LogP contribution in [0.25, 0.3) is 5.69 Å². The molecule has 6 nitrogen and oxygen atoms in total. The van der Waals surface area contributed by atoms with E-state index >= 15 is 0 Å². The molecule has 1 aliphatic heterocycles. The SMILES string of the molecule is O=C(Nc1ccc(F)cc1)C1(c2ccc(-n3cnc(C4CC4)cc3=O)cc2)COC1. The molecule has 2 fully saturated rings. The van der Waals surface area contributed by atoms with E-state index in [1.54, 1.807) is 24.5 Å². The number of ether oxygens (including phenoxy) is 1. The predicted molar refractivity (Wildman–Crippen MR) is 109 cm³/mol. The second kappa shape index (κ2) is 7.18. The summed E-state index contributed by atoms with van der Waals surface area (Å²) in [4.78, 5) is 29.8. The summed E-state index contributed by atoms with van der Waals surface area (Å²) < 4.78 is 20.0. The summed E-state index contributed by atoms with van der Waals surface area (Å²) in [5, 5.41) is 2.84. The Kier molecular flexibility index (Phi) is 4.47. The normalized spacial score (nSPS) is 17.2. The Balaban J connectivity index is 1.38. The second-order valence-corrected chi connectivity index (χ2v) is 7.88. The number of nitrogens with zero attached hydrogens (tertiary/aromatic N) is 2.